The van der Waals surface area contributed by atoms with Gasteiger partial charge in [0.05, 0.1) is 23.2 Å². The molecular weight excluding hydrogens is 417 g/mol. The van der Waals surface area contributed by atoms with Crippen LogP contribution in [0.2, 0.25) is 0 Å². The van der Waals surface area contributed by atoms with E-state index >= 15 is 0 Å². The van der Waals surface area contributed by atoms with Gasteiger partial charge in [-0.25, -0.2) is 0 Å². The maximum Gasteiger partial charge on any atom is 0.416 e. The predicted molar refractivity (Wildman–Crippen MR) is 117 cm³/mol. The fourth-order valence-corrected chi connectivity index (χ4v) is 6.06. The number of amides is 1. The quantitative estimate of drug-likeness (QED) is 0.654. The number of hydrogen-bond acceptors (Lipinski definition) is 3. The molecule has 3 aliphatic rings. The maximum absolute atomic E-state index is 13.9. The molecule has 0 radical (unpaired) electrons. The number of alkyl halides is 3. The largest absolute Gasteiger partial charge is 0.416 e. The Morgan fingerprint density at radius 2 is 1.84 bits per heavy atom. The van der Waals surface area contributed by atoms with Crippen LogP contribution in [0.15, 0.2) is 18.2 Å². The monoisotopic (exact) mass is 452 g/mol. The summed E-state index contributed by atoms with van der Waals surface area (Å²) in [5.41, 5.74) is 0.458. The van der Waals surface area contributed by atoms with Crippen LogP contribution in [-0.2, 0) is 28.7 Å². The number of morpholine rings is 1. The molecule has 1 saturated heterocycles. The molecule has 0 N–H and O–H groups in total. The Balaban J connectivity index is 1.52. The van der Waals surface area contributed by atoms with Crippen molar-refractivity contribution in [3.63, 3.8) is 0 Å². The number of carbonyl (C=O) groups is 1. The minimum absolute atomic E-state index is 0.118. The molecule has 32 heavy (non-hydrogen) atoms. The number of carbonyl (C=O) groups excluding carboxylic acids is 1. The lowest BCUT2D eigenvalue weighted by Crippen LogP contribution is -2.51. The van der Waals surface area contributed by atoms with Crippen molar-refractivity contribution >= 4 is 5.91 Å². The Morgan fingerprint density at radius 1 is 1.16 bits per heavy atom. The fourth-order valence-electron chi connectivity index (χ4n) is 6.06. The molecule has 4 nitrogen and oxygen atoms in total. The van der Waals surface area contributed by atoms with E-state index in [0.717, 1.165) is 44.0 Å². The van der Waals surface area contributed by atoms with Crippen molar-refractivity contribution in [3.05, 3.63) is 34.9 Å². The summed E-state index contributed by atoms with van der Waals surface area (Å²) in [4.78, 5) is 18.2. The van der Waals surface area contributed by atoms with Gasteiger partial charge in [0.15, 0.2) is 0 Å². The number of fused-ring (bicyclic) bond motifs is 1. The standard InChI is InChI=1S/C25H35F3N2O2/c1-16(2)24(9-7-22(12-24)30-13-17(3)32-18(4)14-30)23(31)29-10-8-19-5-6-21(25(26,27)28)11-20(19)15-29/h5-6,11,16-18,22H,7-10,12-15H2,1-4H3/t17-,18+,22?,24?. The Kier molecular flexibility index (Phi) is 6.36. The lowest BCUT2D eigenvalue weighted by atomic mass is 9.73. The topological polar surface area (TPSA) is 32.8 Å². The second-order valence-electron chi connectivity index (χ2n) is 10.4. The Hall–Kier alpha value is -1.60. The zero-order valence-electron chi connectivity index (χ0n) is 19.5. The van der Waals surface area contributed by atoms with E-state index in [9.17, 15) is 18.0 Å². The van der Waals surface area contributed by atoms with Gasteiger partial charge in [-0.3, -0.25) is 9.69 Å². The highest BCUT2D eigenvalue weighted by Crippen LogP contribution is 2.48. The van der Waals surface area contributed by atoms with E-state index in [4.69, 9.17) is 4.74 Å². The van der Waals surface area contributed by atoms with Crippen LogP contribution in [0, 0.1) is 11.3 Å². The van der Waals surface area contributed by atoms with E-state index in [2.05, 4.69) is 32.6 Å². The van der Waals surface area contributed by atoms with Gasteiger partial charge in [-0.15, -0.1) is 0 Å². The van der Waals surface area contributed by atoms with Crippen molar-refractivity contribution in [1.82, 2.24) is 9.80 Å². The van der Waals surface area contributed by atoms with Crippen LogP contribution < -0.4 is 0 Å². The van der Waals surface area contributed by atoms with Crippen molar-refractivity contribution in [2.45, 2.75) is 84.3 Å². The lowest BCUT2D eigenvalue weighted by molar-refractivity contribution is -0.146. The molecule has 1 aliphatic carbocycles. The zero-order valence-corrected chi connectivity index (χ0v) is 19.5. The SMILES string of the molecule is CC(C)C1(C(=O)N2CCc3ccc(C(F)(F)F)cc3C2)CCC(N2C[C@@H](C)O[C@@H](C)C2)C1. The van der Waals surface area contributed by atoms with Gasteiger partial charge in [0.1, 0.15) is 0 Å². The number of rotatable bonds is 3. The molecule has 2 unspecified atom stereocenters. The summed E-state index contributed by atoms with van der Waals surface area (Å²) in [6.07, 6.45) is -0.767. The second-order valence-corrected chi connectivity index (χ2v) is 10.4. The summed E-state index contributed by atoms with van der Waals surface area (Å²) < 4.78 is 45.5. The summed E-state index contributed by atoms with van der Waals surface area (Å²) in [6.45, 7) is 11.0. The number of nitrogens with zero attached hydrogens (tertiary/aromatic N) is 2. The van der Waals surface area contributed by atoms with Gasteiger partial charge in [0.25, 0.3) is 0 Å². The first kappa shape index (κ1) is 23.6. The molecule has 2 aliphatic heterocycles. The summed E-state index contributed by atoms with van der Waals surface area (Å²) in [6, 6.07) is 4.30. The Morgan fingerprint density at radius 3 is 2.47 bits per heavy atom. The van der Waals surface area contributed by atoms with Gasteiger partial charge >= 0.3 is 6.18 Å². The van der Waals surface area contributed by atoms with E-state index in [-0.39, 0.29) is 30.6 Å². The van der Waals surface area contributed by atoms with Crippen molar-refractivity contribution < 1.29 is 22.7 Å². The first-order chi connectivity index (χ1) is 15.0. The molecule has 4 atom stereocenters. The van der Waals surface area contributed by atoms with E-state index < -0.39 is 17.2 Å². The first-order valence-corrected chi connectivity index (χ1v) is 11.9. The van der Waals surface area contributed by atoms with Gasteiger partial charge in [0, 0.05) is 32.2 Å². The molecule has 0 bridgehead atoms. The highest BCUT2D eigenvalue weighted by atomic mass is 19.4. The zero-order chi connectivity index (χ0) is 23.3. The molecule has 7 heteroatoms. The average molecular weight is 453 g/mol. The molecule has 178 valence electrons. The van der Waals surface area contributed by atoms with Crippen LogP contribution in [-0.4, -0.2) is 53.6 Å². The average Bonchev–Trinajstić information content (AvgIpc) is 3.18. The van der Waals surface area contributed by atoms with Crippen LogP contribution in [0.25, 0.3) is 0 Å². The van der Waals surface area contributed by atoms with Crippen LogP contribution in [0.4, 0.5) is 13.2 Å². The molecule has 0 aromatic heterocycles. The second kappa shape index (κ2) is 8.64. The number of ether oxygens (including phenoxy) is 1. The Labute approximate surface area is 189 Å². The molecule has 2 fully saturated rings. The summed E-state index contributed by atoms with van der Waals surface area (Å²) in [7, 11) is 0. The van der Waals surface area contributed by atoms with Gasteiger partial charge in [-0.2, -0.15) is 13.2 Å². The number of benzene rings is 1. The van der Waals surface area contributed by atoms with Crippen molar-refractivity contribution in [2.24, 2.45) is 11.3 Å². The molecule has 1 aromatic rings. The molecule has 4 rings (SSSR count). The molecule has 0 spiro atoms. The van der Waals surface area contributed by atoms with E-state index in [0.29, 0.717) is 24.6 Å². The molecule has 1 saturated carbocycles. The normalized spacial score (nSPS) is 31.8. The Bertz CT molecular complexity index is 846. The van der Waals surface area contributed by atoms with Gasteiger partial charge in [0.2, 0.25) is 5.91 Å². The first-order valence-electron chi connectivity index (χ1n) is 11.9. The fraction of sp³-hybridized carbons (Fsp3) is 0.720. The van der Waals surface area contributed by atoms with Crippen molar-refractivity contribution in [3.8, 4) is 0 Å². The van der Waals surface area contributed by atoms with E-state index in [1.54, 1.807) is 6.07 Å². The predicted octanol–water partition coefficient (Wildman–Crippen LogP) is 4.89. The minimum Gasteiger partial charge on any atom is -0.373 e. The molecule has 1 amide bonds. The number of hydrogen-bond donors (Lipinski definition) is 0. The molecule has 2 heterocycles. The third-order valence-electron chi connectivity index (χ3n) is 7.85. The van der Waals surface area contributed by atoms with E-state index in [1.165, 1.54) is 6.07 Å². The van der Waals surface area contributed by atoms with Gasteiger partial charge < -0.3 is 9.64 Å². The van der Waals surface area contributed by atoms with Crippen molar-refractivity contribution in [2.75, 3.05) is 19.6 Å². The minimum atomic E-state index is -4.37. The lowest BCUT2D eigenvalue weighted by Gasteiger charge is -2.42. The van der Waals surface area contributed by atoms with Crippen LogP contribution in [0.1, 0.15) is 63.6 Å². The summed E-state index contributed by atoms with van der Waals surface area (Å²) in [5, 5.41) is 0. The number of halogens is 3. The van der Waals surface area contributed by atoms with Crippen LogP contribution >= 0.6 is 0 Å². The van der Waals surface area contributed by atoms with Crippen LogP contribution in [0.3, 0.4) is 0 Å². The highest BCUT2D eigenvalue weighted by molar-refractivity contribution is 5.84. The van der Waals surface area contributed by atoms with Gasteiger partial charge in [-0.1, -0.05) is 19.9 Å². The third kappa shape index (κ3) is 4.43. The third-order valence-corrected chi connectivity index (χ3v) is 7.85. The molecule has 1 aromatic carbocycles. The molecular formula is C25H35F3N2O2. The van der Waals surface area contributed by atoms with Crippen molar-refractivity contribution in [1.29, 1.82) is 0 Å². The highest BCUT2D eigenvalue weighted by Gasteiger charge is 2.51. The summed E-state index contributed by atoms with van der Waals surface area (Å²) >= 11 is 0. The van der Waals surface area contributed by atoms with Crippen LogP contribution in [0.5, 0.6) is 0 Å². The van der Waals surface area contributed by atoms with E-state index in [1.807, 2.05) is 4.90 Å². The smallest absolute Gasteiger partial charge is 0.373 e. The van der Waals surface area contributed by atoms with Gasteiger partial charge in [-0.05, 0) is 68.7 Å². The summed E-state index contributed by atoms with van der Waals surface area (Å²) in [5.74, 6) is 0.297. The maximum atomic E-state index is 13.9.